The molecule has 0 unspecified atom stereocenters. The Kier molecular flexibility index (Phi) is 6.01. The summed E-state index contributed by atoms with van der Waals surface area (Å²) in [6.07, 6.45) is 1.49. The third kappa shape index (κ3) is 4.17. The molecule has 0 saturated carbocycles. The smallest absolute Gasteiger partial charge is 0.199 e. The van der Waals surface area contributed by atoms with Crippen molar-refractivity contribution in [3.05, 3.63) is 82.9 Å². The van der Waals surface area contributed by atoms with Crippen molar-refractivity contribution in [3.63, 3.8) is 0 Å². The van der Waals surface area contributed by atoms with Crippen molar-refractivity contribution in [3.8, 4) is 11.5 Å². The number of fused-ring (bicyclic) bond motifs is 1. The largest absolute Gasteiger partial charge is 0.485 e. The van der Waals surface area contributed by atoms with Crippen LogP contribution in [0.3, 0.4) is 0 Å². The molecule has 1 aromatic heterocycles. The van der Waals surface area contributed by atoms with Crippen LogP contribution in [-0.2, 0) is 19.8 Å². The number of aryl methyl sites for hydroxylation is 1. The molecule has 3 aromatic rings. The number of ether oxygens (including phenoxy) is 2. The highest BCUT2D eigenvalue weighted by Crippen LogP contribution is 2.35. The highest BCUT2D eigenvalue weighted by Gasteiger charge is 2.28. The predicted octanol–water partition coefficient (Wildman–Crippen LogP) is 4.51. The minimum Gasteiger partial charge on any atom is -0.485 e. The Morgan fingerprint density at radius 1 is 1.20 bits per heavy atom. The van der Waals surface area contributed by atoms with E-state index in [9.17, 15) is 0 Å². The Labute approximate surface area is 182 Å². The lowest BCUT2D eigenvalue weighted by Crippen LogP contribution is -2.25. The predicted molar refractivity (Wildman–Crippen MR) is 119 cm³/mol. The lowest BCUT2D eigenvalue weighted by Gasteiger charge is -2.25. The molecule has 0 radical (unpaired) electrons. The van der Waals surface area contributed by atoms with E-state index in [1.807, 2.05) is 39.6 Å². The zero-order valence-electron chi connectivity index (χ0n) is 17.3. The van der Waals surface area contributed by atoms with Crippen LogP contribution in [0.4, 0.5) is 0 Å². The van der Waals surface area contributed by atoms with Gasteiger partial charge >= 0.3 is 0 Å². The fourth-order valence-corrected chi connectivity index (χ4v) is 3.86. The Morgan fingerprint density at radius 3 is 2.70 bits per heavy atom. The quantitative estimate of drug-likeness (QED) is 0.414. The second-order valence-corrected chi connectivity index (χ2v) is 7.85. The molecule has 0 amide bonds. The summed E-state index contributed by atoms with van der Waals surface area (Å²) < 4.78 is 16.5. The number of hydrogen-bond acceptors (Lipinski definition) is 5. The highest BCUT2D eigenvalue weighted by atomic mass is 32.1. The molecule has 1 atom stereocenters. The maximum absolute atomic E-state index is 6.17. The molecular formula is C23H26N4O2S. The minimum absolute atomic E-state index is 0.329. The van der Waals surface area contributed by atoms with Gasteiger partial charge in [0.15, 0.2) is 28.2 Å². The maximum atomic E-state index is 6.17. The van der Waals surface area contributed by atoms with Crippen molar-refractivity contribution in [2.75, 3.05) is 13.7 Å². The molecular weight excluding hydrogens is 396 g/mol. The highest BCUT2D eigenvalue weighted by molar-refractivity contribution is 7.71. The molecule has 30 heavy (non-hydrogen) atoms. The molecule has 1 aliphatic rings. The molecule has 4 rings (SSSR count). The second kappa shape index (κ2) is 8.85. The minimum atomic E-state index is -0.329. The van der Waals surface area contributed by atoms with E-state index in [4.69, 9.17) is 26.8 Å². The van der Waals surface area contributed by atoms with Crippen LogP contribution in [0.5, 0.6) is 11.5 Å². The van der Waals surface area contributed by atoms with Crippen molar-refractivity contribution in [1.82, 2.24) is 19.2 Å². The number of hydrogen-bond donors (Lipinski definition) is 0. The van der Waals surface area contributed by atoms with Gasteiger partial charge in [-0.2, -0.15) is 5.10 Å². The molecule has 0 aliphatic carbocycles. The summed E-state index contributed by atoms with van der Waals surface area (Å²) in [6.45, 7) is 8.34. The van der Waals surface area contributed by atoms with Gasteiger partial charge in [0, 0.05) is 13.1 Å². The van der Waals surface area contributed by atoms with Gasteiger partial charge in [0.05, 0.1) is 6.67 Å². The van der Waals surface area contributed by atoms with E-state index in [-0.39, 0.29) is 6.10 Å². The molecule has 2 heterocycles. The van der Waals surface area contributed by atoms with Crippen molar-refractivity contribution >= 4 is 12.2 Å². The lowest BCUT2D eigenvalue weighted by atomic mass is 10.1. The fourth-order valence-electron chi connectivity index (χ4n) is 3.59. The van der Waals surface area contributed by atoms with Gasteiger partial charge in [0.1, 0.15) is 6.61 Å². The number of para-hydroxylation sites is 2. The van der Waals surface area contributed by atoms with Gasteiger partial charge in [-0.3, -0.25) is 9.47 Å². The van der Waals surface area contributed by atoms with Gasteiger partial charge < -0.3 is 9.47 Å². The molecule has 0 bridgehead atoms. The summed E-state index contributed by atoms with van der Waals surface area (Å²) >= 11 is 5.73. The van der Waals surface area contributed by atoms with Crippen LogP contribution in [0.1, 0.15) is 23.1 Å². The summed E-state index contributed by atoms with van der Waals surface area (Å²) in [7, 11) is 2.07. The van der Waals surface area contributed by atoms with Gasteiger partial charge in [0.25, 0.3) is 0 Å². The number of nitrogens with zero attached hydrogens (tertiary/aromatic N) is 4. The third-order valence-corrected chi connectivity index (χ3v) is 5.57. The first kappa shape index (κ1) is 20.4. The van der Waals surface area contributed by atoms with E-state index >= 15 is 0 Å². The maximum Gasteiger partial charge on any atom is 0.199 e. The molecule has 7 heteroatoms. The average molecular weight is 423 g/mol. The van der Waals surface area contributed by atoms with E-state index < -0.39 is 0 Å². The molecule has 0 spiro atoms. The van der Waals surface area contributed by atoms with Crippen molar-refractivity contribution in [2.24, 2.45) is 0 Å². The molecule has 0 saturated heterocycles. The summed E-state index contributed by atoms with van der Waals surface area (Å²) in [6, 6.07) is 16.1. The summed E-state index contributed by atoms with van der Waals surface area (Å²) in [5, 5.41) is 4.81. The van der Waals surface area contributed by atoms with Crippen LogP contribution in [0.2, 0.25) is 0 Å². The number of benzene rings is 2. The Bertz CT molecular complexity index is 1100. The summed E-state index contributed by atoms with van der Waals surface area (Å²) in [4.78, 5) is 2.20. The Balaban J connectivity index is 1.57. The van der Waals surface area contributed by atoms with Gasteiger partial charge in [-0.25, -0.2) is 4.68 Å². The van der Waals surface area contributed by atoms with E-state index in [0.717, 1.165) is 23.9 Å². The van der Waals surface area contributed by atoms with Gasteiger partial charge in [-0.15, -0.1) is 6.58 Å². The number of rotatable bonds is 7. The van der Waals surface area contributed by atoms with Crippen LogP contribution >= 0.6 is 12.2 Å². The van der Waals surface area contributed by atoms with Crippen LogP contribution in [0, 0.1) is 11.7 Å². The molecule has 6 nitrogen and oxygen atoms in total. The average Bonchev–Trinajstić information content (AvgIpc) is 3.05. The third-order valence-electron chi connectivity index (χ3n) is 5.14. The van der Waals surface area contributed by atoms with Crippen LogP contribution in [0.15, 0.2) is 61.2 Å². The second-order valence-electron chi connectivity index (χ2n) is 7.49. The number of aromatic nitrogens is 3. The molecule has 156 valence electrons. The van der Waals surface area contributed by atoms with E-state index in [1.54, 1.807) is 0 Å². The molecule has 0 N–H and O–H groups in total. The van der Waals surface area contributed by atoms with Gasteiger partial charge in [-0.05, 0) is 49.4 Å². The van der Waals surface area contributed by atoms with Crippen LogP contribution in [-0.4, -0.2) is 32.9 Å². The molecule has 1 aliphatic heterocycles. The Hall–Kier alpha value is -2.90. The first-order chi connectivity index (χ1) is 14.6. The SMILES string of the molecule is C=CCn1c([C@@H]2COc3ccccc3O2)nn(CN(C)Cc2ccccc2C)c1=S. The van der Waals surface area contributed by atoms with Crippen LogP contribution < -0.4 is 9.47 Å². The van der Waals surface area contributed by atoms with Crippen LogP contribution in [0.25, 0.3) is 0 Å². The first-order valence-corrected chi connectivity index (χ1v) is 10.4. The summed E-state index contributed by atoms with van der Waals surface area (Å²) in [5.74, 6) is 2.22. The molecule has 2 aromatic carbocycles. The van der Waals surface area contributed by atoms with Gasteiger partial charge in [-0.1, -0.05) is 42.5 Å². The molecule has 0 fully saturated rings. The standard InChI is InChI=1S/C23H26N4O2S/c1-4-13-26-22(21-15-28-19-11-7-8-12-20(19)29-21)24-27(23(26)30)16-25(3)14-18-10-6-5-9-17(18)2/h4-12,21H,1,13-16H2,2-3H3/t21-/m0/s1. The lowest BCUT2D eigenvalue weighted by molar-refractivity contribution is 0.0818. The monoisotopic (exact) mass is 422 g/mol. The van der Waals surface area contributed by atoms with E-state index in [2.05, 4.69) is 49.7 Å². The normalized spacial score (nSPS) is 15.4. The fraction of sp³-hybridized carbons (Fsp3) is 0.304. The summed E-state index contributed by atoms with van der Waals surface area (Å²) in [5.41, 5.74) is 2.56. The van der Waals surface area contributed by atoms with Crippen molar-refractivity contribution in [1.29, 1.82) is 0 Å². The topological polar surface area (TPSA) is 44.5 Å². The van der Waals surface area contributed by atoms with Crippen molar-refractivity contribution < 1.29 is 9.47 Å². The van der Waals surface area contributed by atoms with Crippen molar-refractivity contribution in [2.45, 2.75) is 32.8 Å². The van der Waals surface area contributed by atoms with E-state index in [0.29, 0.717) is 24.6 Å². The van der Waals surface area contributed by atoms with E-state index in [1.165, 1.54) is 11.1 Å². The first-order valence-electron chi connectivity index (χ1n) is 9.96. The number of allylic oxidation sites excluding steroid dienone is 1. The zero-order valence-corrected chi connectivity index (χ0v) is 18.1. The zero-order chi connectivity index (χ0) is 21.1. The Morgan fingerprint density at radius 2 is 1.93 bits per heavy atom. The van der Waals surface area contributed by atoms with Gasteiger partial charge in [0.2, 0.25) is 0 Å².